The fourth-order valence-corrected chi connectivity index (χ4v) is 2.63. The van der Waals surface area contributed by atoms with Crippen molar-refractivity contribution in [2.75, 3.05) is 19.6 Å². The molecule has 0 aliphatic carbocycles. The van der Waals surface area contributed by atoms with Gasteiger partial charge in [0.2, 0.25) is 5.91 Å². The molecule has 86 valence electrons. The summed E-state index contributed by atoms with van der Waals surface area (Å²) in [5.74, 6) is 0.196. The number of carbonyl (C=O) groups excluding carboxylic acids is 1. The number of nitrogens with zero attached hydrogens (tertiary/aromatic N) is 1. The van der Waals surface area contributed by atoms with Crippen LogP contribution in [0.5, 0.6) is 0 Å². The maximum atomic E-state index is 11.2. The highest BCUT2D eigenvalue weighted by molar-refractivity contribution is 5.73. The van der Waals surface area contributed by atoms with Gasteiger partial charge in [-0.1, -0.05) is 0 Å². The summed E-state index contributed by atoms with van der Waals surface area (Å²) >= 11 is 0. The number of hydrogen-bond donors (Lipinski definition) is 2. The first-order valence-corrected chi connectivity index (χ1v) is 5.72. The van der Waals surface area contributed by atoms with Crippen molar-refractivity contribution in [3.05, 3.63) is 0 Å². The van der Waals surface area contributed by atoms with Crippen molar-refractivity contribution in [3.8, 4) is 0 Å². The molecule has 0 aromatic rings. The summed E-state index contributed by atoms with van der Waals surface area (Å²) in [6, 6.07) is 0. The lowest BCUT2D eigenvalue weighted by Crippen LogP contribution is -2.58. The molecule has 1 amide bonds. The van der Waals surface area contributed by atoms with E-state index in [2.05, 4.69) is 24.5 Å². The molecule has 2 rings (SSSR count). The molecule has 0 unspecified atom stereocenters. The second-order valence-electron chi connectivity index (χ2n) is 5.45. The molecule has 2 saturated heterocycles. The number of hydrogen-bond acceptors (Lipinski definition) is 3. The highest BCUT2D eigenvalue weighted by atomic mass is 16.2. The molecule has 0 aromatic heterocycles. The Morgan fingerprint density at radius 1 is 1.27 bits per heavy atom. The summed E-state index contributed by atoms with van der Waals surface area (Å²) in [5, 5.41) is 7.23. The number of amides is 1. The van der Waals surface area contributed by atoms with Gasteiger partial charge in [0.05, 0.1) is 5.66 Å². The predicted octanol–water partition coefficient (Wildman–Crippen LogP) is 0.296. The SMILES string of the molecule is CC(=O)N1CCC2(CC1)NCC(C)(C)N2. The van der Waals surface area contributed by atoms with Crippen LogP contribution in [0, 0.1) is 0 Å². The molecule has 0 aromatic carbocycles. The number of likely N-dealkylation sites (tertiary alicyclic amines) is 1. The number of nitrogens with one attached hydrogen (secondary N) is 2. The minimum Gasteiger partial charge on any atom is -0.343 e. The summed E-state index contributed by atoms with van der Waals surface area (Å²) in [7, 11) is 0. The maximum Gasteiger partial charge on any atom is 0.219 e. The molecule has 2 aliphatic rings. The Balaban J connectivity index is 1.96. The Morgan fingerprint density at radius 2 is 1.87 bits per heavy atom. The van der Waals surface area contributed by atoms with Gasteiger partial charge in [0.25, 0.3) is 0 Å². The van der Waals surface area contributed by atoms with Crippen LogP contribution in [0.2, 0.25) is 0 Å². The summed E-state index contributed by atoms with van der Waals surface area (Å²) in [5.41, 5.74) is 0.258. The largest absolute Gasteiger partial charge is 0.343 e. The third-order valence-electron chi connectivity index (χ3n) is 3.51. The summed E-state index contributed by atoms with van der Waals surface area (Å²) in [4.78, 5) is 13.1. The first kappa shape index (κ1) is 10.9. The van der Waals surface area contributed by atoms with Gasteiger partial charge in [0.1, 0.15) is 0 Å². The van der Waals surface area contributed by atoms with E-state index in [0.29, 0.717) is 0 Å². The average Bonchev–Trinajstić information content (AvgIpc) is 2.43. The molecule has 2 N–H and O–H groups in total. The standard InChI is InChI=1S/C11H21N3O/c1-9(15)14-6-4-11(5-7-14)12-8-10(2,3)13-11/h12-13H,4-8H2,1-3H3. The Hall–Kier alpha value is -0.610. The Kier molecular flexibility index (Phi) is 2.51. The van der Waals surface area contributed by atoms with Crippen molar-refractivity contribution in [2.24, 2.45) is 0 Å². The zero-order valence-corrected chi connectivity index (χ0v) is 9.89. The van der Waals surface area contributed by atoms with Crippen molar-refractivity contribution in [2.45, 2.75) is 44.8 Å². The second kappa shape index (κ2) is 3.46. The van der Waals surface area contributed by atoms with Gasteiger partial charge >= 0.3 is 0 Å². The molecule has 4 nitrogen and oxygen atoms in total. The quantitative estimate of drug-likeness (QED) is 0.605. The van der Waals surface area contributed by atoms with E-state index in [-0.39, 0.29) is 17.1 Å². The van der Waals surface area contributed by atoms with Crippen molar-refractivity contribution in [3.63, 3.8) is 0 Å². The third-order valence-corrected chi connectivity index (χ3v) is 3.51. The molecule has 2 aliphatic heterocycles. The van der Waals surface area contributed by atoms with Crippen LogP contribution >= 0.6 is 0 Å². The molecule has 4 heteroatoms. The van der Waals surface area contributed by atoms with Gasteiger partial charge in [-0.2, -0.15) is 0 Å². The van der Waals surface area contributed by atoms with Gasteiger partial charge in [-0.3, -0.25) is 15.4 Å². The molecule has 1 spiro atoms. The number of piperidine rings is 1. The fraction of sp³-hybridized carbons (Fsp3) is 0.909. The van der Waals surface area contributed by atoms with Crippen molar-refractivity contribution >= 4 is 5.91 Å². The Morgan fingerprint density at radius 3 is 2.27 bits per heavy atom. The third kappa shape index (κ3) is 2.16. The van der Waals surface area contributed by atoms with E-state index >= 15 is 0 Å². The van der Waals surface area contributed by atoms with Crippen molar-refractivity contribution in [1.82, 2.24) is 15.5 Å². The molecular formula is C11H21N3O. The van der Waals surface area contributed by atoms with Gasteiger partial charge < -0.3 is 4.90 Å². The van der Waals surface area contributed by atoms with E-state index in [1.165, 1.54) is 0 Å². The van der Waals surface area contributed by atoms with Crippen LogP contribution in [0.15, 0.2) is 0 Å². The zero-order chi connectivity index (χ0) is 11.1. The molecule has 0 saturated carbocycles. The topological polar surface area (TPSA) is 44.4 Å². The van der Waals surface area contributed by atoms with Gasteiger partial charge in [-0.15, -0.1) is 0 Å². The summed E-state index contributed by atoms with van der Waals surface area (Å²) < 4.78 is 0. The highest BCUT2D eigenvalue weighted by Crippen LogP contribution is 2.27. The molecule has 0 atom stereocenters. The monoisotopic (exact) mass is 211 g/mol. The average molecular weight is 211 g/mol. The smallest absolute Gasteiger partial charge is 0.219 e. The van der Waals surface area contributed by atoms with Gasteiger partial charge in [0, 0.05) is 32.1 Å². The molecule has 0 bridgehead atoms. The van der Waals surface area contributed by atoms with Crippen LogP contribution < -0.4 is 10.6 Å². The Bertz CT molecular complexity index is 267. The first-order chi connectivity index (χ1) is 6.93. The summed E-state index contributed by atoms with van der Waals surface area (Å²) in [6.07, 6.45) is 2.02. The lowest BCUT2D eigenvalue weighted by Gasteiger charge is -2.40. The molecular weight excluding hydrogens is 190 g/mol. The minimum atomic E-state index is 0.0788. The van der Waals surface area contributed by atoms with Gasteiger partial charge in [0.15, 0.2) is 0 Å². The Labute approximate surface area is 91.4 Å². The number of rotatable bonds is 0. The molecule has 2 heterocycles. The van der Waals surface area contributed by atoms with E-state index in [0.717, 1.165) is 32.5 Å². The van der Waals surface area contributed by atoms with Crippen molar-refractivity contribution < 1.29 is 4.79 Å². The fourth-order valence-electron chi connectivity index (χ4n) is 2.63. The van der Waals surface area contributed by atoms with E-state index in [4.69, 9.17) is 0 Å². The summed E-state index contributed by atoms with van der Waals surface area (Å²) in [6.45, 7) is 8.82. The van der Waals surface area contributed by atoms with Gasteiger partial charge in [-0.05, 0) is 26.7 Å². The van der Waals surface area contributed by atoms with Crippen LogP contribution in [0.1, 0.15) is 33.6 Å². The van der Waals surface area contributed by atoms with Crippen LogP contribution in [0.4, 0.5) is 0 Å². The highest BCUT2D eigenvalue weighted by Gasteiger charge is 2.43. The lowest BCUT2D eigenvalue weighted by molar-refractivity contribution is -0.130. The van der Waals surface area contributed by atoms with Crippen molar-refractivity contribution in [1.29, 1.82) is 0 Å². The first-order valence-electron chi connectivity index (χ1n) is 5.72. The van der Waals surface area contributed by atoms with E-state index < -0.39 is 0 Å². The van der Waals surface area contributed by atoms with Crippen LogP contribution in [0.3, 0.4) is 0 Å². The maximum absolute atomic E-state index is 11.2. The minimum absolute atomic E-state index is 0.0788. The molecule has 0 radical (unpaired) electrons. The normalized spacial score (nSPS) is 28.3. The zero-order valence-electron chi connectivity index (χ0n) is 9.89. The molecule has 2 fully saturated rings. The van der Waals surface area contributed by atoms with Crippen LogP contribution in [-0.4, -0.2) is 41.6 Å². The van der Waals surface area contributed by atoms with E-state index in [9.17, 15) is 4.79 Å². The second-order valence-corrected chi connectivity index (χ2v) is 5.45. The van der Waals surface area contributed by atoms with Gasteiger partial charge in [-0.25, -0.2) is 0 Å². The van der Waals surface area contributed by atoms with E-state index in [1.54, 1.807) is 6.92 Å². The van der Waals surface area contributed by atoms with Crippen LogP contribution in [-0.2, 0) is 4.79 Å². The molecule has 15 heavy (non-hydrogen) atoms. The lowest BCUT2D eigenvalue weighted by atomic mass is 9.97. The number of carbonyl (C=O) groups is 1. The van der Waals surface area contributed by atoms with E-state index in [1.807, 2.05) is 4.90 Å². The predicted molar refractivity (Wildman–Crippen MR) is 59.4 cm³/mol. The van der Waals surface area contributed by atoms with Crippen LogP contribution in [0.25, 0.3) is 0 Å².